The van der Waals surface area contributed by atoms with Gasteiger partial charge in [-0.2, -0.15) is 0 Å². The highest BCUT2D eigenvalue weighted by Gasteiger charge is 2.35. The highest BCUT2D eigenvalue weighted by atomic mass is 32.1. The van der Waals surface area contributed by atoms with Crippen LogP contribution in [0.2, 0.25) is 0 Å². The van der Waals surface area contributed by atoms with Crippen molar-refractivity contribution < 1.29 is 23.8 Å². The third-order valence-corrected chi connectivity index (χ3v) is 8.00. The SMILES string of the molecule is COCCCN(CC(=O)N1CCc2sccc2C1COc1ccccc1OC)C(=O)C1CCCC1. The molecule has 1 aliphatic heterocycles. The summed E-state index contributed by atoms with van der Waals surface area (Å²) in [5, 5.41) is 2.08. The molecule has 35 heavy (non-hydrogen) atoms. The predicted molar refractivity (Wildman–Crippen MR) is 136 cm³/mol. The van der Waals surface area contributed by atoms with Gasteiger partial charge in [-0.15, -0.1) is 11.3 Å². The van der Waals surface area contributed by atoms with E-state index in [4.69, 9.17) is 14.2 Å². The highest BCUT2D eigenvalue weighted by Crippen LogP contribution is 2.35. The third-order valence-electron chi connectivity index (χ3n) is 7.00. The molecule has 2 heterocycles. The lowest BCUT2D eigenvalue weighted by Gasteiger charge is -2.37. The van der Waals surface area contributed by atoms with E-state index < -0.39 is 0 Å². The zero-order valence-corrected chi connectivity index (χ0v) is 21.6. The first-order valence-corrected chi connectivity index (χ1v) is 13.4. The van der Waals surface area contributed by atoms with Gasteiger partial charge >= 0.3 is 0 Å². The Hall–Kier alpha value is -2.58. The summed E-state index contributed by atoms with van der Waals surface area (Å²) in [4.78, 5) is 31.9. The fourth-order valence-corrected chi connectivity index (χ4v) is 6.06. The third kappa shape index (κ3) is 6.16. The average Bonchev–Trinajstić information content (AvgIpc) is 3.59. The standard InChI is InChI=1S/C27H36N2O5S/c1-32-16-7-14-28(27(31)20-8-3-4-9-20)18-26(30)29-15-12-25-21(13-17-35-25)22(29)19-34-24-11-6-5-10-23(24)33-2/h5-6,10-11,13,17,20,22H,3-4,7-9,12,14-16,18-19H2,1-2H3. The number of nitrogens with zero attached hydrogens (tertiary/aromatic N) is 2. The Morgan fingerprint density at radius 2 is 1.89 bits per heavy atom. The summed E-state index contributed by atoms with van der Waals surface area (Å²) in [6, 6.07) is 9.44. The summed E-state index contributed by atoms with van der Waals surface area (Å²) in [5.41, 5.74) is 1.14. The maximum atomic E-state index is 13.7. The van der Waals surface area contributed by atoms with Crippen LogP contribution in [0.15, 0.2) is 35.7 Å². The van der Waals surface area contributed by atoms with E-state index in [1.54, 1.807) is 30.5 Å². The molecule has 0 bridgehead atoms. The number of rotatable bonds is 11. The van der Waals surface area contributed by atoms with Crippen molar-refractivity contribution in [3.63, 3.8) is 0 Å². The van der Waals surface area contributed by atoms with E-state index in [1.807, 2.05) is 29.2 Å². The summed E-state index contributed by atoms with van der Waals surface area (Å²) in [5.74, 6) is 1.45. The van der Waals surface area contributed by atoms with Crippen molar-refractivity contribution in [2.45, 2.75) is 44.6 Å². The number of amides is 2. The van der Waals surface area contributed by atoms with Crippen molar-refractivity contribution in [2.24, 2.45) is 5.92 Å². The van der Waals surface area contributed by atoms with Gasteiger partial charge in [-0.3, -0.25) is 9.59 Å². The van der Waals surface area contributed by atoms with Gasteiger partial charge in [0.15, 0.2) is 11.5 Å². The van der Waals surface area contributed by atoms with Crippen LogP contribution in [-0.4, -0.2) is 68.7 Å². The van der Waals surface area contributed by atoms with Gasteiger partial charge in [0.1, 0.15) is 6.61 Å². The minimum absolute atomic E-state index is 0.0285. The van der Waals surface area contributed by atoms with E-state index >= 15 is 0 Å². The molecular weight excluding hydrogens is 464 g/mol. The molecular formula is C27H36N2O5S. The molecule has 0 N–H and O–H groups in total. The zero-order chi connectivity index (χ0) is 24.6. The molecule has 1 unspecified atom stereocenters. The lowest BCUT2D eigenvalue weighted by Crippen LogP contribution is -2.49. The maximum Gasteiger partial charge on any atom is 0.242 e. The number of hydrogen-bond acceptors (Lipinski definition) is 6. The van der Waals surface area contributed by atoms with E-state index in [0.717, 1.165) is 44.1 Å². The van der Waals surface area contributed by atoms with Crippen LogP contribution >= 0.6 is 11.3 Å². The summed E-state index contributed by atoms with van der Waals surface area (Å²) >= 11 is 1.72. The summed E-state index contributed by atoms with van der Waals surface area (Å²) in [6.45, 7) is 2.16. The molecule has 7 nitrogen and oxygen atoms in total. The molecule has 1 atom stereocenters. The molecule has 190 valence electrons. The van der Waals surface area contributed by atoms with Crippen LogP contribution in [0.4, 0.5) is 0 Å². The summed E-state index contributed by atoms with van der Waals surface area (Å²) in [7, 11) is 3.28. The molecule has 4 rings (SSSR count). The number of hydrogen-bond donors (Lipinski definition) is 0. The number of para-hydroxylation sites is 2. The largest absolute Gasteiger partial charge is 0.493 e. The minimum atomic E-state index is -0.204. The van der Waals surface area contributed by atoms with Crippen LogP contribution in [0.5, 0.6) is 11.5 Å². The Kier molecular flexibility index (Phi) is 9.04. The van der Waals surface area contributed by atoms with Gasteiger partial charge in [0, 0.05) is 37.6 Å². The minimum Gasteiger partial charge on any atom is -0.493 e. The van der Waals surface area contributed by atoms with Gasteiger partial charge in [-0.25, -0.2) is 0 Å². The maximum absolute atomic E-state index is 13.7. The van der Waals surface area contributed by atoms with Gasteiger partial charge in [-0.1, -0.05) is 25.0 Å². The van der Waals surface area contributed by atoms with Crippen LogP contribution in [-0.2, 0) is 20.7 Å². The van der Waals surface area contributed by atoms with Gasteiger partial charge in [0.25, 0.3) is 0 Å². The normalized spacial score (nSPS) is 17.8. The first kappa shape index (κ1) is 25.5. The Labute approximate surface area is 212 Å². The van der Waals surface area contributed by atoms with Crippen molar-refractivity contribution in [3.05, 3.63) is 46.2 Å². The zero-order valence-electron chi connectivity index (χ0n) is 20.7. The lowest BCUT2D eigenvalue weighted by atomic mass is 10.00. The van der Waals surface area contributed by atoms with Crippen molar-refractivity contribution in [1.29, 1.82) is 0 Å². The summed E-state index contributed by atoms with van der Waals surface area (Å²) in [6.07, 6.45) is 5.56. The second kappa shape index (κ2) is 12.4. The second-order valence-corrected chi connectivity index (χ2v) is 10.2. The topological polar surface area (TPSA) is 68.3 Å². The Bertz CT molecular complexity index is 987. The smallest absolute Gasteiger partial charge is 0.242 e. The fraction of sp³-hybridized carbons (Fsp3) is 0.556. The quantitative estimate of drug-likeness (QED) is 0.430. The molecule has 2 aromatic rings. The highest BCUT2D eigenvalue weighted by molar-refractivity contribution is 7.10. The van der Waals surface area contributed by atoms with Crippen molar-refractivity contribution in [2.75, 3.05) is 47.1 Å². The van der Waals surface area contributed by atoms with Crippen molar-refractivity contribution >= 4 is 23.2 Å². The number of carbonyl (C=O) groups excluding carboxylic acids is 2. The first-order valence-electron chi connectivity index (χ1n) is 12.5. The number of ether oxygens (including phenoxy) is 3. The van der Waals surface area contributed by atoms with Crippen LogP contribution in [0.1, 0.15) is 48.6 Å². The monoisotopic (exact) mass is 500 g/mol. The van der Waals surface area contributed by atoms with Crippen LogP contribution in [0.25, 0.3) is 0 Å². The number of carbonyl (C=O) groups is 2. The molecule has 2 aliphatic rings. The second-order valence-electron chi connectivity index (χ2n) is 9.20. The summed E-state index contributed by atoms with van der Waals surface area (Å²) < 4.78 is 16.8. The van der Waals surface area contributed by atoms with E-state index in [-0.39, 0.29) is 30.3 Å². The number of fused-ring (bicyclic) bond motifs is 1. The molecule has 8 heteroatoms. The molecule has 1 fully saturated rings. The van der Waals surface area contributed by atoms with Crippen molar-refractivity contribution in [1.82, 2.24) is 9.80 Å². The molecule has 0 spiro atoms. The van der Waals surface area contributed by atoms with E-state index in [9.17, 15) is 9.59 Å². The molecule has 1 aliphatic carbocycles. The Morgan fingerprint density at radius 3 is 2.63 bits per heavy atom. The molecule has 1 aromatic carbocycles. The molecule has 1 saturated carbocycles. The van der Waals surface area contributed by atoms with Gasteiger partial charge in [-0.05, 0) is 54.8 Å². The molecule has 0 radical (unpaired) electrons. The molecule has 2 amide bonds. The van der Waals surface area contributed by atoms with Gasteiger partial charge < -0.3 is 24.0 Å². The van der Waals surface area contributed by atoms with Crippen LogP contribution < -0.4 is 9.47 Å². The van der Waals surface area contributed by atoms with Gasteiger partial charge in [0.05, 0.1) is 19.7 Å². The lowest BCUT2D eigenvalue weighted by molar-refractivity contribution is -0.144. The number of methoxy groups -OCH3 is 2. The molecule has 0 saturated heterocycles. The van der Waals surface area contributed by atoms with Crippen LogP contribution in [0, 0.1) is 5.92 Å². The van der Waals surface area contributed by atoms with E-state index in [0.29, 0.717) is 37.8 Å². The van der Waals surface area contributed by atoms with E-state index in [2.05, 4.69) is 11.4 Å². The Morgan fingerprint density at radius 1 is 1.11 bits per heavy atom. The average molecular weight is 501 g/mol. The first-order chi connectivity index (χ1) is 17.1. The molecule has 1 aromatic heterocycles. The predicted octanol–water partition coefficient (Wildman–Crippen LogP) is 4.32. The number of thiophene rings is 1. The van der Waals surface area contributed by atoms with Gasteiger partial charge in [0.2, 0.25) is 11.8 Å². The fourth-order valence-electron chi connectivity index (χ4n) is 5.13. The van der Waals surface area contributed by atoms with E-state index in [1.165, 1.54) is 4.88 Å². The van der Waals surface area contributed by atoms with Crippen LogP contribution in [0.3, 0.4) is 0 Å². The Balaban J connectivity index is 1.49. The van der Waals surface area contributed by atoms with Crippen molar-refractivity contribution in [3.8, 4) is 11.5 Å². The number of benzene rings is 1.